The molecular weight excluding hydrogens is 253 g/mol. The van der Waals surface area contributed by atoms with E-state index < -0.39 is 5.82 Å². The molecule has 0 aliphatic rings. The van der Waals surface area contributed by atoms with Crippen molar-refractivity contribution < 1.29 is 4.39 Å². The molecule has 1 aromatic carbocycles. The Morgan fingerprint density at radius 2 is 2.22 bits per heavy atom. The Bertz CT molecular complexity index is 551. The van der Waals surface area contributed by atoms with E-state index in [-0.39, 0.29) is 5.02 Å². The van der Waals surface area contributed by atoms with Crippen LogP contribution in [0, 0.1) is 5.82 Å². The fourth-order valence-corrected chi connectivity index (χ4v) is 1.99. The summed E-state index contributed by atoms with van der Waals surface area (Å²) in [4.78, 5) is 0. The number of nitrogens with zero attached hydrogens (tertiary/aromatic N) is 2. The number of anilines is 1. The molecule has 1 N–H and O–H groups in total. The summed E-state index contributed by atoms with van der Waals surface area (Å²) in [6, 6.07) is 4.73. The molecule has 18 heavy (non-hydrogen) atoms. The molecule has 0 aliphatic carbocycles. The zero-order valence-electron chi connectivity index (χ0n) is 10.4. The molecule has 2 aromatic rings. The van der Waals surface area contributed by atoms with Crippen molar-refractivity contribution in [3.05, 3.63) is 46.5 Å². The highest BCUT2D eigenvalue weighted by Gasteiger charge is 2.06. The molecule has 0 amide bonds. The SMILES string of the molecule is CCc1nn(C)cc1NCc1ccc(F)c(Cl)c1. The number of benzene rings is 1. The first-order valence-electron chi connectivity index (χ1n) is 5.80. The second-order valence-electron chi connectivity index (χ2n) is 4.12. The van der Waals surface area contributed by atoms with Crippen LogP contribution >= 0.6 is 11.6 Å². The van der Waals surface area contributed by atoms with Gasteiger partial charge in [0.1, 0.15) is 5.82 Å². The van der Waals surface area contributed by atoms with Crippen molar-refractivity contribution in [2.45, 2.75) is 19.9 Å². The summed E-state index contributed by atoms with van der Waals surface area (Å²) in [5.41, 5.74) is 2.96. The number of halogens is 2. The van der Waals surface area contributed by atoms with E-state index in [4.69, 9.17) is 11.6 Å². The van der Waals surface area contributed by atoms with Gasteiger partial charge in [-0.1, -0.05) is 24.6 Å². The molecule has 0 saturated heterocycles. The van der Waals surface area contributed by atoms with Crippen LogP contribution < -0.4 is 5.32 Å². The fourth-order valence-electron chi connectivity index (χ4n) is 1.79. The Labute approximate surface area is 111 Å². The molecule has 3 nitrogen and oxygen atoms in total. The van der Waals surface area contributed by atoms with Crippen molar-refractivity contribution in [2.75, 3.05) is 5.32 Å². The van der Waals surface area contributed by atoms with Gasteiger partial charge in [-0.05, 0) is 24.1 Å². The van der Waals surface area contributed by atoms with Crippen LogP contribution in [0.1, 0.15) is 18.2 Å². The summed E-state index contributed by atoms with van der Waals surface area (Å²) < 4.78 is 14.8. The molecule has 96 valence electrons. The van der Waals surface area contributed by atoms with Gasteiger partial charge < -0.3 is 5.32 Å². The van der Waals surface area contributed by atoms with E-state index in [1.54, 1.807) is 16.8 Å². The van der Waals surface area contributed by atoms with Gasteiger partial charge in [0.2, 0.25) is 0 Å². The fraction of sp³-hybridized carbons (Fsp3) is 0.308. The first-order chi connectivity index (χ1) is 8.60. The van der Waals surface area contributed by atoms with E-state index >= 15 is 0 Å². The molecule has 0 unspecified atom stereocenters. The maximum Gasteiger partial charge on any atom is 0.141 e. The largest absolute Gasteiger partial charge is 0.378 e. The average Bonchev–Trinajstić information content (AvgIpc) is 2.71. The van der Waals surface area contributed by atoms with Crippen molar-refractivity contribution in [3.8, 4) is 0 Å². The second kappa shape index (κ2) is 5.40. The number of aromatic nitrogens is 2. The molecule has 0 fully saturated rings. The minimum Gasteiger partial charge on any atom is -0.378 e. The van der Waals surface area contributed by atoms with Crippen LogP contribution in [0.4, 0.5) is 10.1 Å². The van der Waals surface area contributed by atoms with E-state index in [0.717, 1.165) is 23.4 Å². The molecule has 1 aromatic heterocycles. The van der Waals surface area contributed by atoms with Gasteiger partial charge in [-0.25, -0.2) is 4.39 Å². The standard InChI is InChI=1S/C13H15ClFN3/c1-3-12-13(8-18(2)17-12)16-7-9-4-5-11(15)10(14)6-9/h4-6,8,16H,3,7H2,1-2H3. The van der Waals surface area contributed by atoms with Gasteiger partial charge >= 0.3 is 0 Å². The highest BCUT2D eigenvalue weighted by atomic mass is 35.5. The maximum atomic E-state index is 13.0. The van der Waals surface area contributed by atoms with E-state index in [0.29, 0.717) is 6.54 Å². The third kappa shape index (κ3) is 2.82. The molecule has 0 saturated carbocycles. The maximum absolute atomic E-state index is 13.0. The van der Waals surface area contributed by atoms with Crippen LogP contribution in [0.2, 0.25) is 5.02 Å². The van der Waals surface area contributed by atoms with Crippen LogP contribution in [0.25, 0.3) is 0 Å². The van der Waals surface area contributed by atoms with Crippen molar-refractivity contribution in [2.24, 2.45) is 7.05 Å². The Kier molecular flexibility index (Phi) is 3.87. The van der Waals surface area contributed by atoms with E-state index in [1.807, 2.05) is 13.2 Å². The Morgan fingerprint density at radius 1 is 1.44 bits per heavy atom. The lowest BCUT2D eigenvalue weighted by Gasteiger charge is -2.06. The predicted molar refractivity (Wildman–Crippen MR) is 71.3 cm³/mol. The van der Waals surface area contributed by atoms with Gasteiger partial charge in [0.15, 0.2) is 0 Å². The molecule has 0 spiro atoms. The average molecular weight is 268 g/mol. The van der Waals surface area contributed by atoms with Crippen molar-refractivity contribution in [1.29, 1.82) is 0 Å². The summed E-state index contributed by atoms with van der Waals surface area (Å²) in [5, 5.41) is 7.77. The van der Waals surface area contributed by atoms with E-state index in [9.17, 15) is 4.39 Å². The third-order valence-corrected chi connectivity index (χ3v) is 3.00. The van der Waals surface area contributed by atoms with E-state index in [2.05, 4.69) is 17.3 Å². The summed E-state index contributed by atoms with van der Waals surface area (Å²) in [6.45, 7) is 2.65. The highest BCUT2D eigenvalue weighted by Crippen LogP contribution is 2.18. The van der Waals surface area contributed by atoms with Crippen LogP contribution in [-0.4, -0.2) is 9.78 Å². The highest BCUT2D eigenvalue weighted by molar-refractivity contribution is 6.30. The molecule has 0 radical (unpaired) electrons. The van der Waals surface area contributed by atoms with Gasteiger partial charge in [0, 0.05) is 19.8 Å². The minimum absolute atomic E-state index is 0.149. The molecule has 0 aliphatic heterocycles. The van der Waals surface area contributed by atoms with E-state index in [1.165, 1.54) is 6.07 Å². The van der Waals surface area contributed by atoms with Gasteiger partial charge in [-0.3, -0.25) is 4.68 Å². The summed E-state index contributed by atoms with van der Waals surface area (Å²) >= 11 is 5.74. The van der Waals surface area contributed by atoms with Crippen molar-refractivity contribution in [3.63, 3.8) is 0 Å². The van der Waals surface area contributed by atoms with Crippen LogP contribution in [-0.2, 0) is 20.0 Å². The topological polar surface area (TPSA) is 29.9 Å². The number of nitrogens with one attached hydrogen (secondary N) is 1. The Hall–Kier alpha value is -1.55. The van der Waals surface area contributed by atoms with Gasteiger partial charge in [-0.2, -0.15) is 5.10 Å². The predicted octanol–water partition coefficient (Wildman–Crippen LogP) is 3.39. The number of aryl methyl sites for hydroxylation is 2. The quantitative estimate of drug-likeness (QED) is 0.920. The zero-order valence-corrected chi connectivity index (χ0v) is 11.1. The van der Waals surface area contributed by atoms with Crippen LogP contribution in [0.5, 0.6) is 0 Å². The smallest absolute Gasteiger partial charge is 0.141 e. The molecule has 2 rings (SSSR count). The first-order valence-corrected chi connectivity index (χ1v) is 6.18. The molecule has 0 bridgehead atoms. The first kappa shape index (κ1) is 12.9. The third-order valence-electron chi connectivity index (χ3n) is 2.71. The van der Waals surface area contributed by atoms with Gasteiger partial charge in [0.25, 0.3) is 0 Å². The van der Waals surface area contributed by atoms with Crippen molar-refractivity contribution in [1.82, 2.24) is 9.78 Å². The second-order valence-corrected chi connectivity index (χ2v) is 4.53. The summed E-state index contributed by atoms with van der Waals surface area (Å²) in [5.74, 6) is -0.393. The lowest BCUT2D eigenvalue weighted by Crippen LogP contribution is -2.01. The zero-order chi connectivity index (χ0) is 13.1. The minimum atomic E-state index is -0.393. The van der Waals surface area contributed by atoms with Crippen LogP contribution in [0.3, 0.4) is 0 Å². The molecule has 5 heteroatoms. The lowest BCUT2D eigenvalue weighted by molar-refractivity contribution is 0.627. The van der Waals surface area contributed by atoms with Gasteiger partial charge in [-0.15, -0.1) is 0 Å². The lowest BCUT2D eigenvalue weighted by atomic mass is 10.2. The molecular formula is C13H15ClFN3. The van der Waals surface area contributed by atoms with Gasteiger partial charge in [0.05, 0.1) is 16.4 Å². The summed E-state index contributed by atoms with van der Waals surface area (Å²) in [6.07, 6.45) is 2.80. The molecule has 0 atom stereocenters. The Balaban J connectivity index is 2.08. The molecule has 1 heterocycles. The van der Waals surface area contributed by atoms with Crippen LogP contribution in [0.15, 0.2) is 24.4 Å². The van der Waals surface area contributed by atoms with Crippen molar-refractivity contribution >= 4 is 17.3 Å². The number of rotatable bonds is 4. The normalized spacial score (nSPS) is 10.7. The summed E-state index contributed by atoms with van der Waals surface area (Å²) in [7, 11) is 1.89. The number of hydrogen-bond acceptors (Lipinski definition) is 2. The number of hydrogen-bond donors (Lipinski definition) is 1. The monoisotopic (exact) mass is 267 g/mol. The Morgan fingerprint density at radius 3 is 2.89 bits per heavy atom.